The number of fused-ring (bicyclic) bond motifs is 1. The van der Waals surface area contributed by atoms with Crippen LogP contribution in [-0.4, -0.2) is 9.04 Å². The third kappa shape index (κ3) is 3.56. The van der Waals surface area contributed by atoms with Gasteiger partial charge in [0.1, 0.15) is 5.75 Å². The molecule has 1 nitrogen and oxygen atoms in total. The Labute approximate surface area is 130 Å². The molecular weight excluding hydrogens is 272 g/mol. The van der Waals surface area contributed by atoms with Gasteiger partial charge in [-0.2, -0.15) is 0 Å². The van der Waals surface area contributed by atoms with Gasteiger partial charge in [0.2, 0.25) is 0 Å². The predicted octanol–water partition coefficient (Wildman–Crippen LogP) is 5.71. The molecule has 2 heteroatoms. The zero-order valence-corrected chi connectivity index (χ0v) is 14.6. The van der Waals surface area contributed by atoms with Crippen molar-refractivity contribution in [1.82, 2.24) is 0 Å². The molecule has 111 valence electrons. The molecule has 0 amide bonds. The van der Waals surface area contributed by atoms with Gasteiger partial charge in [-0.1, -0.05) is 56.3 Å². The average Bonchev–Trinajstić information content (AvgIpc) is 2.45. The normalized spacial score (nSPS) is 11.9. The average molecular weight is 297 g/mol. The van der Waals surface area contributed by atoms with Gasteiger partial charge < -0.3 is 4.43 Å². The van der Waals surface area contributed by atoms with Crippen LogP contribution >= 0.6 is 0 Å². The molecule has 21 heavy (non-hydrogen) atoms. The highest BCUT2D eigenvalue weighted by Gasteiger charge is 2.25. The van der Waals surface area contributed by atoms with Gasteiger partial charge in [0.25, 0.3) is 9.04 Å². The minimum atomic E-state index is -0.799. The van der Waals surface area contributed by atoms with Crippen LogP contribution in [0.3, 0.4) is 0 Å². The summed E-state index contributed by atoms with van der Waals surface area (Å²) in [6.07, 6.45) is 4.11. The molecule has 0 unspecified atom stereocenters. The highest BCUT2D eigenvalue weighted by atomic mass is 28.3. The summed E-state index contributed by atoms with van der Waals surface area (Å²) in [5.74, 6) is 1.08. The van der Waals surface area contributed by atoms with E-state index in [2.05, 4.69) is 69.9 Å². The van der Waals surface area contributed by atoms with E-state index in [4.69, 9.17) is 4.43 Å². The Balaban J connectivity index is 2.59. The Morgan fingerprint density at radius 2 is 1.86 bits per heavy atom. The topological polar surface area (TPSA) is 9.23 Å². The molecule has 1 radical (unpaired) electrons. The smallest absolute Gasteiger partial charge is 0.274 e. The van der Waals surface area contributed by atoms with Crippen molar-refractivity contribution in [3.8, 4) is 5.75 Å². The van der Waals surface area contributed by atoms with Gasteiger partial charge in [-0.3, -0.25) is 0 Å². The van der Waals surface area contributed by atoms with Crippen LogP contribution in [0.5, 0.6) is 5.75 Å². The standard InChI is InChI=1S/C19H25OSi/c1-6-7-14-19(2,3)17-13-12-15-10-8-9-11-16(15)18(17)20-21(4)5/h6,8-13H,1,7,14H2,2-5H3. The number of benzene rings is 2. The first kappa shape index (κ1) is 15.8. The maximum Gasteiger partial charge on any atom is 0.274 e. The molecule has 0 N–H and O–H groups in total. The molecule has 2 aromatic rings. The minimum Gasteiger partial charge on any atom is -0.542 e. The lowest BCUT2D eigenvalue weighted by molar-refractivity contribution is 0.461. The fraction of sp³-hybridized carbons (Fsp3) is 0.368. The van der Waals surface area contributed by atoms with Crippen LogP contribution < -0.4 is 4.43 Å². The van der Waals surface area contributed by atoms with Crippen molar-refractivity contribution in [2.24, 2.45) is 0 Å². The SMILES string of the molecule is C=CCCC(C)(C)c1ccc2ccccc2c1O[Si](C)C. The first-order chi connectivity index (χ1) is 9.95. The number of rotatable bonds is 6. The highest BCUT2D eigenvalue weighted by Crippen LogP contribution is 2.40. The van der Waals surface area contributed by atoms with Crippen molar-refractivity contribution >= 4 is 19.8 Å². The van der Waals surface area contributed by atoms with E-state index in [-0.39, 0.29) is 5.41 Å². The van der Waals surface area contributed by atoms with Crippen molar-refractivity contribution in [2.45, 2.75) is 45.2 Å². The fourth-order valence-electron chi connectivity index (χ4n) is 2.69. The van der Waals surface area contributed by atoms with Crippen molar-refractivity contribution in [3.05, 3.63) is 54.6 Å². The van der Waals surface area contributed by atoms with E-state index >= 15 is 0 Å². The molecule has 0 heterocycles. The van der Waals surface area contributed by atoms with Crippen molar-refractivity contribution in [2.75, 3.05) is 0 Å². The summed E-state index contributed by atoms with van der Waals surface area (Å²) in [7, 11) is -0.799. The molecule has 0 atom stereocenters. The lowest BCUT2D eigenvalue weighted by atomic mass is 9.79. The summed E-state index contributed by atoms with van der Waals surface area (Å²) in [5, 5.41) is 2.48. The predicted molar refractivity (Wildman–Crippen MR) is 94.5 cm³/mol. The van der Waals surface area contributed by atoms with Gasteiger partial charge >= 0.3 is 0 Å². The third-order valence-corrected chi connectivity index (χ3v) is 4.50. The first-order valence-corrected chi connectivity index (χ1v) is 9.97. The van der Waals surface area contributed by atoms with Crippen LogP contribution in [0.25, 0.3) is 10.8 Å². The summed E-state index contributed by atoms with van der Waals surface area (Å²) in [5.41, 5.74) is 1.40. The number of hydrogen-bond donors (Lipinski definition) is 0. The molecule has 2 rings (SSSR count). The second-order valence-electron chi connectivity index (χ2n) is 6.38. The Hall–Kier alpha value is -1.54. The molecule has 0 saturated heterocycles. The molecule has 0 aromatic heterocycles. The maximum atomic E-state index is 6.30. The third-order valence-electron chi connectivity index (χ3n) is 3.89. The van der Waals surface area contributed by atoms with Crippen molar-refractivity contribution in [3.63, 3.8) is 0 Å². The lowest BCUT2D eigenvalue weighted by Crippen LogP contribution is -2.21. The van der Waals surface area contributed by atoms with E-state index in [1.54, 1.807) is 0 Å². The van der Waals surface area contributed by atoms with Gasteiger partial charge in [-0.05, 0) is 42.3 Å². The summed E-state index contributed by atoms with van der Waals surface area (Å²) >= 11 is 0. The van der Waals surface area contributed by atoms with Gasteiger partial charge in [0.15, 0.2) is 0 Å². The van der Waals surface area contributed by atoms with E-state index in [9.17, 15) is 0 Å². The van der Waals surface area contributed by atoms with Crippen LogP contribution in [0.15, 0.2) is 49.1 Å². The molecule has 0 aliphatic heterocycles. The maximum absolute atomic E-state index is 6.30. The van der Waals surface area contributed by atoms with Crippen molar-refractivity contribution in [1.29, 1.82) is 0 Å². The lowest BCUT2D eigenvalue weighted by Gasteiger charge is -2.29. The molecule has 0 spiro atoms. The van der Waals surface area contributed by atoms with E-state index < -0.39 is 9.04 Å². The zero-order chi connectivity index (χ0) is 15.5. The summed E-state index contributed by atoms with van der Waals surface area (Å²) in [6, 6.07) is 12.9. The summed E-state index contributed by atoms with van der Waals surface area (Å²) < 4.78 is 6.30. The molecular formula is C19H25OSi. The highest BCUT2D eigenvalue weighted by molar-refractivity contribution is 6.49. The van der Waals surface area contributed by atoms with Crippen LogP contribution in [0.1, 0.15) is 32.3 Å². The van der Waals surface area contributed by atoms with Crippen LogP contribution in [0, 0.1) is 0 Å². The van der Waals surface area contributed by atoms with Gasteiger partial charge in [-0.25, -0.2) is 0 Å². The quantitative estimate of drug-likeness (QED) is 0.490. The van der Waals surface area contributed by atoms with Crippen LogP contribution in [0.4, 0.5) is 0 Å². The van der Waals surface area contributed by atoms with Crippen molar-refractivity contribution < 1.29 is 4.43 Å². The molecule has 0 saturated carbocycles. The first-order valence-electron chi connectivity index (χ1n) is 7.57. The zero-order valence-electron chi connectivity index (χ0n) is 13.6. The van der Waals surface area contributed by atoms with Gasteiger partial charge in [0, 0.05) is 5.39 Å². The van der Waals surface area contributed by atoms with E-state index in [1.165, 1.54) is 16.3 Å². The minimum absolute atomic E-state index is 0.0882. The number of hydrogen-bond acceptors (Lipinski definition) is 1. The monoisotopic (exact) mass is 297 g/mol. The van der Waals surface area contributed by atoms with Crippen LogP contribution in [-0.2, 0) is 5.41 Å². The molecule has 0 bridgehead atoms. The van der Waals surface area contributed by atoms with E-state index in [1.807, 2.05) is 6.08 Å². The van der Waals surface area contributed by atoms with E-state index in [0.717, 1.165) is 18.6 Å². The Morgan fingerprint density at radius 1 is 1.14 bits per heavy atom. The molecule has 0 fully saturated rings. The second-order valence-corrected chi connectivity index (χ2v) is 8.41. The Morgan fingerprint density at radius 3 is 2.52 bits per heavy atom. The largest absolute Gasteiger partial charge is 0.542 e. The molecule has 0 aliphatic carbocycles. The molecule has 2 aromatic carbocycles. The van der Waals surface area contributed by atoms with Crippen LogP contribution in [0.2, 0.25) is 13.1 Å². The summed E-state index contributed by atoms with van der Waals surface area (Å²) in [4.78, 5) is 0. The van der Waals surface area contributed by atoms with Gasteiger partial charge in [-0.15, -0.1) is 6.58 Å². The molecule has 0 aliphatic rings. The van der Waals surface area contributed by atoms with E-state index in [0.29, 0.717) is 0 Å². The Kier molecular flexibility index (Phi) is 4.89. The second kappa shape index (κ2) is 6.48. The summed E-state index contributed by atoms with van der Waals surface area (Å²) in [6.45, 7) is 12.8. The Bertz CT molecular complexity index is 628. The fourth-order valence-corrected chi connectivity index (χ4v) is 3.32. The van der Waals surface area contributed by atoms with Gasteiger partial charge in [0.05, 0.1) is 0 Å². The number of allylic oxidation sites excluding steroid dienone is 1.